The standard InChI is InChI=1S/C24H42O4/c1-14(5-4-10-25)17-6-7-18-22-19(13-21(28)24(17,18)3)23(2)9-8-16(26)11-15(23)12-20(22)27/h14-22,25-28H,4-13H2,1-3H3/t14-,15+,16-,17-,18-,19+,20-,21+,22-,23+,24-/m1/s1. The van der Waals surface area contributed by atoms with Crippen molar-refractivity contribution < 1.29 is 20.4 Å². The summed E-state index contributed by atoms with van der Waals surface area (Å²) in [5.74, 6) is 2.41. The van der Waals surface area contributed by atoms with Crippen LogP contribution in [0, 0.1) is 46.3 Å². The topological polar surface area (TPSA) is 80.9 Å². The molecule has 162 valence electrons. The molecule has 0 bridgehead atoms. The van der Waals surface area contributed by atoms with Gasteiger partial charge in [-0.05, 0) is 104 Å². The van der Waals surface area contributed by atoms with E-state index in [1.165, 1.54) is 0 Å². The molecule has 4 saturated carbocycles. The third-order valence-electron chi connectivity index (χ3n) is 10.3. The smallest absolute Gasteiger partial charge is 0.0602 e. The Morgan fingerprint density at radius 1 is 0.964 bits per heavy atom. The summed E-state index contributed by atoms with van der Waals surface area (Å²) in [6.07, 6.45) is 7.62. The molecule has 0 aromatic carbocycles. The molecule has 4 fully saturated rings. The number of fused-ring (bicyclic) bond motifs is 5. The summed E-state index contributed by atoms with van der Waals surface area (Å²) in [6.45, 7) is 7.23. The lowest BCUT2D eigenvalue weighted by molar-refractivity contribution is -0.207. The molecule has 4 nitrogen and oxygen atoms in total. The summed E-state index contributed by atoms with van der Waals surface area (Å²) in [5, 5.41) is 42.2. The number of rotatable bonds is 4. The molecule has 4 heteroatoms. The van der Waals surface area contributed by atoms with Gasteiger partial charge in [0.15, 0.2) is 0 Å². The Morgan fingerprint density at radius 2 is 1.71 bits per heavy atom. The van der Waals surface area contributed by atoms with Gasteiger partial charge in [-0.3, -0.25) is 0 Å². The van der Waals surface area contributed by atoms with Crippen molar-refractivity contribution in [2.24, 2.45) is 46.3 Å². The number of aliphatic hydroxyl groups excluding tert-OH is 4. The molecule has 0 radical (unpaired) electrons. The summed E-state index contributed by atoms with van der Waals surface area (Å²) < 4.78 is 0. The fraction of sp³-hybridized carbons (Fsp3) is 1.00. The lowest BCUT2D eigenvalue weighted by Gasteiger charge is -2.63. The third-order valence-corrected chi connectivity index (χ3v) is 10.3. The minimum Gasteiger partial charge on any atom is -0.396 e. The van der Waals surface area contributed by atoms with Crippen LogP contribution < -0.4 is 0 Å². The van der Waals surface area contributed by atoms with E-state index in [4.69, 9.17) is 0 Å². The van der Waals surface area contributed by atoms with Crippen molar-refractivity contribution in [3.05, 3.63) is 0 Å². The van der Waals surface area contributed by atoms with Crippen molar-refractivity contribution >= 4 is 0 Å². The third kappa shape index (κ3) is 3.01. The fourth-order valence-corrected chi connectivity index (χ4v) is 8.75. The molecule has 0 amide bonds. The summed E-state index contributed by atoms with van der Waals surface area (Å²) >= 11 is 0. The molecular weight excluding hydrogens is 352 g/mol. The van der Waals surface area contributed by atoms with Crippen LogP contribution in [0.4, 0.5) is 0 Å². The van der Waals surface area contributed by atoms with E-state index in [-0.39, 0.29) is 35.7 Å². The van der Waals surface area contributed by atoms with Crippen LogP contribution in [0.15, 0.2) is 0 Å². The van der Waals surface area contributed by atoms with E-state index in [0.29, 0.717) is 35.5 Å². The van der Waals surface area contributed by atoms with Crippen LogP contribution in [0.5, 0.6) is 0 Å². The van der Waals surface area contributed by atoms with Crippen molar-refractivity contribution in [2.75, 3.05) is 6.61 Å². The second-order valence-electron chi connectivity index (χ2n) is 11.4. The molecule has 0 spiro atoms. The van der Waals surface area contributed by atoms with Gasteiger partial charge < -0.3 is 20.4 Å². The van der Waals surface area contributed by atoms with Crippen molar-refractivity contribution in [1.82, 2.24) is 0 Å². The van der Waals surface area contributed by atoms with Gasteiger partial charge in [-0.2, -0.15) is 0 Å². The maximum absolute atomic E-state index is 11.5. The van der Waals surface area contributed by atoms with Gasteiger partial charge in [0, 0.05) is 6.61 Å². The first-order valence-electron chi connectivity index (χ1n) is 11.9. The molecule has 0 saturated heterocycles. The average molecular weight is 395 g/mol. The first kappa shape index (κ1) is 21.1. The molecule has 4 rings (SSSR count). The molecular formula is C24H42O4. The molecule has 4 aliphatic rings. The zero-order chi connectivity index (χ0) is 20.3. The number of aliphatic hydroxyl groups is 4. The van der Waals surface area contributed by atoms with Gasteiger partial charge >= 0.3 is 0 Å². The molecule has 0 aromatic heterocycles. The van der Waals surface area contributed by atoms with Crippen LogP contribution in [-0.2, 0) is 0 Å². The zero-order valence-corrected chi connectivity index (χ0v) is 18.1. The fourth-order valence-electron chi connectivity index (χ4n) is 8.75. The molecule has 0 unspecified atom stereocenters. The first-order valence-corrected chi connectivity index (χ1v) is 11.9. The van der Waals surface area contributed by atoms with E-state index < -0.39 is 0 Å². The van der Waals surface area contributed by atoms with E-state index in [2.05, 4.69) is 20.8 Å². The van der Waals surface area contributed by atoms with Crippen molar-refractivity contribution in [1.29, 1.82) is 0 Å². The number of hydrogen-bond acceptors (Lipinski definition) is 4. The lowest BCUT2D eigenvalue weighted by atomic mass is 9.43. The van der Waals surface area contributed by atoms with Gasteiger partial charge in [0.2, 0.25) is 0 Å². The molecule has 0 aliphatic heterocycles. The Morgan fingerprint density at radius 3 is 2.43 bits per heavy atom. The van der Waals surface area contributed by atoms with Crippen LogP contribution in [0.3, 0.4) is 0 Å². The van der Waals surface area contributed by atoms with E-state index in [1.807, 2.05) is 0 Å². The van der Waals surface area contributed by atoms with E-state index in [0.717, 1.165) is 57.8 Å². The summed E-state index contributed by atoms with van der Waals surface area (Å²) in [5.41, 5.74) is 0.0282. The lowest BCUT2D eigenvalue weighted by Crippen LogP contribution is -2.62. The van der Waals surface area contributed by atoms with Gasteiger partial charge in [0.1, 0.15) is 0 Å². The molecule has 4 aliphatic carbocycles. The predicted molar refractivity (Wildman–Crippen MR) is 109 cm³/mol. The Kier molecular flexibility index (Phi) is 5.66. The van der Waals surface area contributed by atoms with Crippen molar-refractivity contribution in [3.8, 4) is 0 Å². The maximum Gasteiger partial charge on any atom is 0.0602 e. The van der Waals surface area contributed by atoms with Crippen molar-refractivity contribution in [2.45, 2.75) is 96.9 Å². The zero-order valence-electron chi connectivity index (χ0n) is 18.1. The normalized spacial score (nSPS) is 54.5. The summed E-state index contributed by atoms with van der Waals surface area (Å²) in [7, 11) is 0. The highest BCUT2D eigenvalue weighted by Crippen LogP contribution is 2.68. The van der Waals surface area contributed by atoms with Crippen LogP contribution >= 0.6 is 0 Å². The van der Waals surface area contributed by atoms with Crippen LogP contribution in [-0.4, -0.2) is 45.3 Å². The van der Waals surface area contributed by atoms with Crippen LogP contribution in [0.25, 0.3) is 0 Å². The molecule has 0 heterocycles. The Balaban J connectivity index is 1.62. The second kappa shape index (κ2) is 7.51. The monoisotopic (exact) mass is 394 g/mol. The molecule has 0 aromatic rings. The quantitative estimate of drug-likeness (QED) is 0.589. The Labute approximate surface area is 170 Å². The van der Waals surface area contributed by atoms with E-state index in [1.54, 1.807) is 0 Å². The highest BCUT2D eigenvalue weighted by Gasteiger charge is 2.65. The SMILES string of the molecule is C[C@H](CCCO)[C@H]1CC[C@@H]2[C@H]3[C@H](O)C[C@@H]4C[C@H](O)CC[C@]4(C)[C@H]3C[C@H](O)[C@@]21C. The van der Waals surface area contributed by atoms with Crippen LogP contribution in [0.2, 0.25) is 0 Å². The maximum atomic E-state index is 11.5. The van der Waals surface area contributed by atoms with Gasteiger partial charge in [-0.15, -0.1) is 0 Å². The van der Waals surface area contributed by atoms with Crippen LogP contribution in [0.1, 0.15) is 78.6 Å². The van der Waals surface area contributed by atoms with Gasteiger partial charge in [-0.25, -0.2) is 0 Å². The Bertz CT molecular complexity index is 567. The molecule has 28 heavy (non-hydrogen) atoms. The van der Waals surface area contributed by atoms with Gasteiger partial charge in [0.25, 0.3) is 0 Å². The minimum absolute atomic E-state index is 0.117. The molecule has 4 N–H and O–H groups in total. The first-order chi connectivity index (χ1) is 13.2. The summed E-state index contributed by atoms with van der Waals surface area (Å²) in [6, 6.07) is 0. The second-order valence-corrected chi connectivity index (χ2v) is 11.4. The Hall–Kier alpha value is -0.160. The van der Waals surface area contributed by atoms with Crippen molar-refractivity contribution in [3.63, 3.8) is 0 Å². The number of hydrogen-bond donors (Lipinski definition) is 4. The molecule has 11 atom stereocenters. The van der Waals surface area contributed by atoms with Gasteiger partial charge in [-0.1, -0.05) is 20.8 Å². The average Bonchev–Trinajstić information content (AvgIpc) is 3.01. The van der Waals surface area contributed by atoms with E-state index >= 15 is 0 Å². The largest absolute Gasteiger partial charge is 0.396 e. The highest BCUT2D eigenvalue weighted by molar-refractivity contribution is 5.14. The highest BCUT2D eigenvalue weighted by atomic mass is 16.3. The summed E-state index contributed by atoms with van der Waals surface area (Å²) in [4.78, 5) is 0. The minimum atomic E-state index is -0.308. The predicted octanol–water partition coefficient (Wildman–Crippen LogP) is 3.36. The van der Waals surface area contributed by atoms with Gasteiger partial charge in [0.05, 0.1) is 18.3 Å². The van der Waals surface area contributed by atoms with E-state index in [9.17, 15) is 20.4 Å².